The van der Waals surface area contributed by atoms with Gasteiger partial charge in [0.15, 0.2) is 0 Å². The average Bonchev–Trinajstić information content (AvgIpc) is 3.80. The largest absolute Gasteiger partial charge is 0.493 e. The van der Waals surface area contributed by atoms with E-state index in [0.29, 0.717) is 120 Å². The fraction of sp³-hybridized carbons (Fsp3) is 0.531. The monoisotopic (exact) mass is 975 g/mol. The molecule has 8 N–H and O–H groups in total. The summed E-state index contributed by atoms with van der Waals surface area (Å²) >= 11 is 1.90. The Balaban J connectivity index is 0.775. The SMILES string of the molecule is C=CC(=O)Nc1cccc(Nc2nc(Nc3cccc(OCCCNC(=O)CCCC(=O)NCCCOCCOCCOCCCNC(=O)CCCCC4SC[C@@]5(C)NC(=O)NC45)c3)ncc2C)c1. The lowest BCUT2D eigenvalue weighted by atomic mass is 9.92. The Kier molecular flexibility index (Phi) is 23.3. The lowest BCUT2D eigenvalue weighted by molar-refractivity contribution is -0.123. The number of carbonyl (C=O) groups is 5. The minimum atomic E-state index is -0.296. The summed E-state index contributed by atoms with van der Waals surface area (Å²) in [6.07, 6.45) is 9.21. The number of hydrogen-bond donors (Lipinski definition) is 8. The molecule has 2 aliphatic rings. The molecule has 20 heteroatoms. The number of rotatable bonds is 34. The van der Waals surface area contributed by atoms with Crippen LogP contribution in [-0.2, 0) is 33.4 Å². The second-order valence-corrected chi connectivity index (χ2v) is 18.2. The number of carbonyl (C=O) groups excluding carboxylic acids is 5. The fourth-order valence-corrected chi connectivity index (χ4v) is 9.20. The van der Waals surface area contributed by atoms with Crippen molar-refractivity contribution >= 4 is 70.3 Å². The normalized spacial score (nSPS) is 16.9. The lowest BCUT2D eigenvalue weighted by Gasteiger charge is -2.23. The third kappa shape index (κ3) is 20.3. The van der Waals surface area contributed by atoms with E-state index in [1.54, 1.807) is 18.3 Å². The Morgan fingerprint density at radius 2 is 1.36 bits per heavy atom. The molecule has 3 atom stereocenters. The number of hydrogen-bond acceptors (Lipinski definition) is 14. The number of benzene rings is 2. The molecule has 0 spiro atoms. The third-order valence-electron chi connectivity index (χ3n) is 11.2. The summed E-state index contributed by atoms with van der Waals surface area (Å²) in [7, 11) is 0. The Bertz CT molecular complexity index is 2130. The van der Waals surface area contributed by atoms with Crippen LogP contribution in [0.5, 0.6) is 5.75 Å². The molecule has 376 valence electrons. The third-order valence-corrected chi connectivity index (χ3v) is 12.9. The van der Waals surface area contributed by atoms with Crippen LogP contribution in [0.25, 0.3) is 0 Å². The lowest BCUT2D eigenvalue weighted by Crippen LogP contribution is -2.47. The van der Waals surface area contributed by atoms with Crippen molar-refractivity contribution in [2.75, 3.05) is 87.6 Å². The first-order valence-corrected chi connectivity index (χ1v) is 24.9. The van der Waals surface area contributed by atoms with Gasteiger partial charge in [-0.2, -0.15) is 16.7 Å². The van der Waals surface area contributed by atoms with Crippen LogP contribution in [0.15, 0.2) is 67.4 Å². The number of urea groups is 1. The van der Waals surface area contributed by atoms with Crippen molar-refractivity contribution in [2.24, 2.45) is 0 Å². The molecule has 3 aromatic rings. The van der Waals surface area contributed by atoms with Gasteiger partial charge in [0.2, 0.25) is 29.6 Å². The van der Waals surface area contributed by atoms with Crippen molar-refractivity contribution in [2.45, 2.75) is 94.9 Å². The van der Waals surface area contributed by atoms with Gasteiger partial charge >= 0.3 is 6.03 Å². The summed E-state index contributed by atoms with van der Waals surface area (Å²) in [6, 6.07) is 14.8. The van der Waals surface area contributed by atoms with E-state index in [1.165, 1.54) is 6.08 Å². The Morgan fingerprint density at radius 1 is 0.768 bits per heavy atom. The molecule has 69 heavy (non-hydrogen) atoms. The van der Waals surface area contributed by atoms with Gasteiger partial charge < -0.3 is 61.5 Å². The van der Waals surface area contributed by atoms with E-state index in [9.17, 15) is 24.0 Å². The molecule has 3 heterocycles. The standard InChI is InChI=1S/C49H70N10O9S/c1-4-41(60)54-36-13-7-14-37(31-36)55-46-35(2)33-53-47(58-46)56-38-15-8-16-39(32-38)68-26-12-23-52-44(63)20-9-19-43(62)51-22-11-25-66-28-30-67-29-27-65-24-10-21-50-42(61)18-6-5-17-40-45-49(3,34-69-40)59-48(64)57-45/h4,7-8,13-16,31-33,40,45H,1,5-6,9-12,17-30,34H2,2-3H3,(H,50,61)(H,51,62)(H,52,63)(H,54,60)(H2,57,59,64)(H2,53,55,56,58)/t40?,45?,49-/m1/s1. The molecule has 2 saturated heterocycles. The van der Waals surface area contributed by atoms with Crippen LogP contribution in [0, 0.1) is 6.92 Å². The second kappa shape index (κ2) is 29.8. The molecule has 2 unspecified atom stereocenters. The molecule has 0 aliphatic carbocycles. The first kappa shape index (κ1) is 54.0. The Labute approximate surface area is 409 Å². The van der Waals surface area contributed by atoms with Crippen LogP contribution in [-0.4, -0.2) is 128 Å². The number of ether oxygens (including phenoxy) is 4. The number of aromatic nitrogens is 2. The van der Waals surface area contributed by atoms with Crippen LogP contribution in [0.1, 0.15) is 76.7 Å². The number of nitrogens with zero attached hydrogens (tertiary/aromatic N) is 2. The highest BCUT2D eigenvalue weighted by atomic mass is 32.2. The van der Waals surface area contributed by atoms with Gasteiger partial charge in [0.1, 0.15) is 11.6 Å². The maximum atomic E-state index is 12.3. The average molecular weight is 975 g/mol. The van der Waals surface area contributed by atoms with Crippen molar-refractivity contribution < 1.29 is 42.9 Å². The Hall–Kier alpha value is -5.96. The summed E-state index contributed by atoms with van der Waals surface area (Å²) < 4.78 is 22.6. The van der Waals surface area contributed by atoms with Gasteiger partial charge in [-0.05, 0) is 88.8 Å². The number of anilines is 5. The van der Waals surface area contributed by atoms with Crippen LogP contribution >= 0.6 is 11.8 Å². The maximum absolute atomic E-state index is 12.3. The van der Waals surface area contributed by atoms with E-state index in [-0.39, 0.29) is 54.1 Å². The van der Waals surface area contributed by atoms with E-state index in [4.69, 9.17) is 18.9 Å². The number of fused-ring (bicyclic) bond motifs is 1. The first-order valence-electron chi connectivity index (χ1n) is 23.9. The van der Waals surface area contributed by atoms with Gasteiger partial charge in [0.25, 0.3) is 0 Å². The minimum Gasteiger partial charge on any atom is -0.493 e. The van der Waals surface area contributed by atoms with Crippen molar-refractivity contribution in [3.8, 4) is 5.75 Å². The van der Waals surface area contributed by atoms with Crippen molar-refractivity contribution in [3.63, 3.8) is 0 Å². The first-order chi connectivity index (χ1) is 33.5. The number of aryl methyl sites for hydroxylation is 1. The highest BCUT2D eigenvalue weighted by Crippen LogP contribution is 2.39. The Morgan fingerprint density at radius 3 is 2.03 bits per heavy atom. The molecule has 2 aliphatic heterocycles. The smallest absolute Gasteiger partial charge is 0.315 e. The molecule has 1 aromatic heterocycles. The molecule has 0 bridgehead atoms. The van der Waals surface area contributed by atoms with Crippen LogP contribution in [0.4, 0.5) is 33.6 Å². The summed E-state index contributed by atoms with van der Waals surface area (Å²) in [6.45, 7) is 12.3. The molecular weight excluding hydrogens is 905 g/mol. The van der Waals surface area contributed by atoms with E-state index >= 15 is 0 Å². The zero-order chi connectivity index (χ0) is 49.1. The van der Waals surface area contributed by atoms with Gasteiger partial charge in [-0.15, -0.1) is 0 Å². The topological polar surface area (TPSA) is 244 Å². The number of amides is 6. The van der Waals surface area contributed by atoms with E-state index in [0.717, 1.165) is 48.4 Å². The summed E-state index contributed by atoms with van der Waals surface area (Å²) in [5.74, 6) is 2.12. The minimum absolute atomic E-state index is 0.0590. The fourth-order valence-electron chi connectivity index (χ4n) is 7.50. The highest BCUT2D eigenvalue weighted by molar-refractivity contribution is 8.00. The summed E-state index contributed by atoms with van der Waals surface area (Å²) in [5.41, 5.74) is 2.78. The molecule has 2 fully saturated rings. The van der Waals surface area contributed by atoms with Crippen LogP contribution < -0.4 is 47.3 Å². The predicted octanol–water partition coefficient (Wildman–Crippen LogP) is 5.63. The van der Waals surface area contributed by atoms with E-state index < -0.39 is 0 Å². The van der Waals surface area contributed by atoms with Crippen molar-refractivity contribution in [1.29, 1.82) is 0 Å². The van der Waals surface area contributed by atoms with Crippen LogP contribution in [0.2, 0.25) is 0 Å². The van der Waals surface area contributed by atoms with E-state index in [2.05, 4.69) is 66.0 Å². The molecule has 0 radical (unpaired) electrons. The van der Waals surface area contributed by atoms with Crippen molar-refractivity contribution in [3.05, 3.63) is 72.9 Å². The highest BCUT2D eigenvalue weighted by Gasteiger charge is 2.51. The van der Waals surface area contributed by atoms with Gasteiger partial charge in [-0.3, -0.25) is 19.2 Å². The number of nitrogens with one attached hydrogen (secondary N) is 8. The quantitative estimate of drug-likeness (QED) is 0.0206. The summed E-state index contributed by atoms with van der Waals surface area (Å²) in [5, 5.41) is 24.4. The van der Waals surface area contributed by atoms with Crippen molar-refractivity contribution in [1.82, 2.24) is 36.6 Å². The zero-order valence-corrected chi connectivity index (χ0v) is 40.8. The van der Waals surface area contributed by atoms with Gasteiger partial charge in [-0.1, -0.05) is 25.1 Å². The van der Waals surface area contributed by atoms with Crippen LogP contribution in [0.3, 0.4) is 0 Å². The maximum Gasteiger partial charge on any atom is 0.315 e. The molecule has 0 saturated carbocycles. The van der Waals surface area contributed by atoms with Gasteiger partial charge in [-0.25, -0.2) is 9.78 Å². The summed E-state index contributed by atoms with van der Waals surface area (Å²) in [4.78, 5) is 69.2. The van der Waals surface area contributed by atoms with E-state index in [1.807, 2.05) is 55.1 Å². The molecular formula is C49H70N10O9S. The van der Waals surface area contributed by atoms with Gasteiger partial charge in [0, 0.05) is 98.0 Å². The number of thioether (sulfide) groups is 1. The zero-order valence-electron chi connectivity index (χ0n) is 40.0. The number of unbranched alkanes of at least 4 members (excludes halogenated alkanes) is 1. The molecule has 6 amide bonds. The van der Waals surface area contributed by atoms with Gasteiger partial charge in [0.05, 0.1) is 44.6 Å². The molecule has 2 aromatic carbocycles. The second-order valence-electron chi connectivity index (χ2n) is 17.0. The predicted molar refractivity (Wildman–Crippen MR) is 268 cm³/mol. The molecule has 5 rings (SSSR count). The molecule has 19 nitrogen and oxygen atoms in total.